The first-order valence-electron chi connectivity index (χ1n) is 9.12. The van der Waals surface area contributed by atoms with Crippen LogP contribution < -0.4 is 0 Å². The molecule has 3 heterocycles. The molecule has 0 spiro atoms. The lowest BCUT2D eigenvalue weighted by molar-refractivity contribution is 0.0736. The zero-order chi connectivity index (χ0) is 18.1. The van der Waals surface area contributed by atoms with Crippen molar-refractivity contribution in [2.45, 2.75) is 25.4 Å². The van der Waals surface area contributed by atoms with Crippen molar-refractivity contribution < 1.29 is 9.18 Å². The van der Waals surface area contributed by atoms with Crippen LogP contribution in [0.25, 0.3) is 0 Å². The van der Waals surface area contributed by atoms with Gasteiger partial charge < -0.3 is 4.90 Å². The van der Waals surface area contributed by atoms with Crippen molar-refractivity contribution in [1.29, 1.82) is 0 Å². The third-order valence-electron chi connectivity index (χ3n) is 5.52. The second-order valence-corrected chi connectivity index (χ2v) is 7.75. The van der Waals surface area contributed by atoms with Gasteiger partial charge in [0.05, 0.1) is 0 Å². The summed E-state index contributed by atoms with van der Waals surface area (Å²) in [4.78, 5) is 17.2. The van der Waals surface area contributed by atoms with Crippen molar-refractivity contribution in [3.05, 3.63) is 70.5 Å². The van der Waals surface area contributed by atoms with Crippen LogP contribution in [-0.4, -0.2) is 41.4 Å². The molecule has 0 unspecified atom stereocenters. The fraction of sp³-hybridized carbons (Fsp3) is 0.381. The highest BCUT2D eigenvalue weighted by Crippen LogP contribution is 2.31. The Bertz CT molecular complexity index is 798. The predicted molar refractivity (Wildman–Crippen MR) is 101 cm³/mol. The van der Waals surface area contributed by atoms with Crippen molar-refractivity contribution in [2.75, 3.05) is 19.6 Å². The van der Waals surface area contributed by atoms with Crippen LogP contribution in [0.3, 0.4) is 0 Å². The van der Waals surface area contributed by atoms with Crippen molar-refractivity contribution >= 4 is 17.5 Å². The van der Waals surface area contributed by atoms with E-state index >= 15 is 0 Å². The van der Waals surface area contributed by atoms with Gasteiger partial charge in [-0.25, -0.2) is 4.39 Å². The molecule has 0 aliphatic carbocycles. The summed E-state index contributed by atoms with van der Waals surface area (Å²) < 4.78 is 13.6. The van der Waals surface area contributed by atoms with Gasteiger partial charge in [-0.1, -0.05) is 29.8 Å². The fourth-order valence-corrected chi connectivity index (χ4v) is 4.36. The lowest BCUT2D eigenvalue weighted by Crippen LogP contribution is -2.44. The maximum atomic E-state index is 13.6. The SMILES string of the molecule is O=C(c1ccccc1)N1C[C@H]2CC[C@@H](C1)N(Cc1cc(F)ccc1Cl)C2. The second kappa shape index (κ2) is 7.37. The molecule has 2 aromatic rings. The van der Waals surface area contributed by atoms with Gasteiger partial charge in [-0.2, -0.15) is 0 Å². The highest BCUT2D eigenvalue weighted by Gasteiger charge is 2.36. The van der Waals surface area contributed by atoms with E-state index in [9.17, 15) is 9.18 Å². The van der Waals surface area contributed by atoms with Crippen LogP contribution in [0, 0.1) is 11.7 Å². The number of rotatable bonds is 3. The van der Waals surface area contributed by atoms with Gasteiger partial charge in [0.1, 0.15) is 5.82 Å². The molecule has 0 aromatic heterocycles. The molecule has 1 amide bonds. The Morgan fingerprint density at radius 3 is 2.69 bits per heavy atom. The molecule has 5 rings (SSSR count). The molecule has 5 heteroatoms. The number of benzene rings is 2. The molecule has 0 radical (unpaired) electrons. The Kier molecular flexibility index (Phi) is 4.96. The smallest absolute Gasteiger partial charge is 0.253 e. The van der Waals surface area contributed by atoms with Crippen LogP contribution in [0.1, 0.15) is 28.8 Å². The first-order valence-corrected chi connectivity index (χ1v) is 9.50. The van der Waals surface area contributed by atoms with E-state index in [-0.39, 0.29) is 11.7 Å². The summed E-state index contributed by atoms with van der Waals surface area (Å²) in [7, 11) is 0. The van der Waals surface area contributed by atoms with E-state index in [1.54, 1.807) is 6.07 Å². The Hall–Kier alpha value is -1.91. The van der Waals surface area contributed by atoms with Gasteiger partial charge in [-0.05, 0) is 54.7 Å². The number of fused-ring (bicyclic) bond motifs is 4. The van der Waals surface area contributed by atoms with Gasteiger partial charge in [0.25, 0.3) is 5.91 Å². The van der Waals surface area contributed by atoms with Crippen LogP contribution in [0.2, 0.25) is 5.02 Å². The number of amides is 1. The summed E-state index contributed by atoms with van der Waals surface area (Å²) >= 11 is 6.26. The zero-order valence-electron chi connectivity index (χ0n) is 14.6. The molecule has 0 saturated carbocycles. The summed E-state index contributed by atoms with van der Waals surface area (Å²) in [5, 5.41) is 0.601. The lowest BCUT2D eigenvalue weighted by atomic mass is 9.94. The monoisotopic (exact) mass is 372 g/mol. The lowest BCUT2D eigenvalue weighted by Gasteiger charge is -2.36. The minimum atomic E-state index is -0.259. The van der Waals surface area contributed by atoms with Crippen LogP contribution in [0.5, 0.6) is 0 Å². The van der Waals surface area contributed by atoms with Gasteiger partial charge in [0.15, 0.2) is 0 Å². The Labute approximate surface area is 158 Å². The van der Waals surface area contributed by atoms with E-state index < -0.39 is 0 Å². The highest BCUT2D eigenvalue weighted by molar-refractivity contribution is 6.31. The molecule has 3 aliphatic heterocycles. The van der Waals surface area contributed by atoms with Crippen LogP contribution in [-0.2, 0) is 6.54 Å². The molecule has 3 nitrogen and oxygen atoms in total. The Morgan fingerprint density at radius 1 is 1.08 bits per heavy atom. The summed E-state index contributed by atoms with van der Waals surface area (Å²) in [6.07, 6.45) is 2.20. The second-order valence-electron chi connectivity index (χ2n) is 7.34. The summed E-state index contributed by atoms with van der Waals surface area (Å²) in [5.41, 5.74) is 1.56. The van der Waals surface area contributed by atoms with Gasteiger partial charge in [0, 0.05) is 42.8 Å². The highest BCUT2D eigenvalue weighted by atomic mass is 35.5. The van der Waals surface area contributed by atoms with E-state index in [1.807, 2.05) is 35.2 Å². The average molecular weight is 373 g/mol. The molecule has 2 bridgehead atoms. The van der Waals surface area contributed by atoms with E-state index in [2.05, 4.69) is 4.90 Å². The normalized spacial score (nSPS) is 23.1. The largest absolute Gasteiger partial charge is 0.337 e. The third kappa shape index (κ3) is 3.62. The Balaban J connectivity index is 1.51. The zero-order valence-corrected chi connectivity index (χ0v) is 15.3. The molecule has 26 heavy (non-hydrogen) atoms. The van der Waals surface area contributed by atoms with Crippen LogP contribution in [0.15, 0.2) is 48.5 Å². The van der Waals surface area contributed by atoms with E-state index in [1.165, 1.54) is 12.1 Å². The Morgan fingerprint density at radius 2 is 1.88 bits per heavy atom. The van der Waals surface area contributed by atoms with Gasteiger partial charge in [-0.15, -0.1) is 0 Å². The molecule has 0 N–H and O–H groups in total. The maximum Gasteiger partial charge on any atom is 0.253 e. The molecular formula is C21H22ClFN2O. The standard InChI is InChI=1S/C21H22ClFN2O/c22-20-9-7-18(23)10-17(20)13-24-11-15-6-8-19(24)14-25(12-15)21(26)16-4-2-1-3-5-16/h1-5,7,9-10,15,19H,6,8,11-14H2/t15-,19-/m0/s1. The minimum absolute atomic E-state index is 0.105. The first-order chi connectivity index (χ1) is 12.6. The number of hydrogen-bond acceptors (Lipinski definition) is 2. The molecule has 2 aromatic carbocycles. The summed E-state index contributed by atoms with van der Waals surface area (Å²) in [5.74, 6) is 0.298. The van der Waals surface area contributed by atoms with Crippen LogP contribution in [0.4, 0.5) is 4.39 Å². The number of hydrogen-bond donors (Lipinski definition) is 0. The van der Waals surface area contributed by atoms with Crippen molar-refractivity contribution in [2.24, 2.45) is 5.92 Å². The molecular weight excluding hydrogens is 351 g/mol. The fourth-order valence-electron chi connectivity index (χ4n) is 4.19. The predicted octanol–water partition coefficient (Wildman–Crippen LogP) is 4.22. The third-order valence-corrected chi connectivity index (χ3v) is 5.88. The summed E-state index contributed by atoms with van der Waals surface area (Å²) in [6, 6.07) is 14.3. The average Bonchev–Trinajstić information content (AvgIpc) is 2.97. The molecule has 3 saturated heterocycles. The topological polar surface area (TPSA) is 23.6 Å². The minimum Gasteiger partial charge on any atom is -0.337 e. The van der Waals surface area contributed by atoms with Gasteiger partial charge >= 0.3 is 0 Å². The van der Waals surface area contributed by atoms with E-state index in [0.717, 1.165) is 43.6 Å². The van der Waals surface area contributed by atoms with E-state index in [0.29, 0.717) is 23.5 Å². The molecule has 3 aliphatic rings. The summed E-state index contributed by atoms with van der Waals surface area (Å²) in [6.45, 7) is 3.07. The molecule has 3 fully saturated rings. The number of carbonyl (C=O) groups excluding carboxylic acids is 1. The van der Waals surface area contributed by atoms with Gasteiger partial charge in [0.2, 0.25) is 0 Å². The number of carbonyl (C=O) groups is 1. The van der Waals surface area contributed by atoms with Crippen molar-refractivity contribution in [1.82, 2.24) is 9.80 Å². The number of piperidine rings is 1. The van der Waals surface area contributed by atoms with Gasteiger partial charge in [-0.3, -0.25) is 9.69 Å². The maximum absolute atomic E-state index is 13.6. The molecule has 2 atom stereocenters. The number of nitrogens with zero attached hydrogens (tertiary/aromatic N) is 2. The first kappa shape index (κ1) is 17.5. The molecule has 136 valence electrons. The van der Waals surface area contributed by atoms with Crippen molar-refractivity contribution in [3.63, 3.8) is 0 Å². The number of halogens is 2. The van der Waals surface area contributed by atoms with E-state index in [4.69, 9.17) is 11.6 Å². The van der Waals surface area contributed by atoms with Crippen LogP contribution >= 0.6 is 11.6 Å². The quantitative estimate of drug-likeness (QED) is 0.805. The van der Waals surface area contributed by atoms with Crippen molar-refractivity contribution in [3.8, 4) is 0 Å².